The van der Waals surface area contributed by atoms with Gasteiger partial charge >= 0.3 is 230 Å². The van der Waals surface area contributed by atoms with E-state index in [0.717, 1.165) is 82.1 Å². The third-order valence-electron chi connectivity index (χ3n) is 8.95. The zero-order valence-corrected chi connectivity index (χ0v) is 31.4. The zero-order chi connectivity index (χ0) is 30.2. The maximum absolute atomic E-state index is 13.6. The molecule has 0 aromatic heterocycles. The average molecular weight is 623 g/mol. The molecule has 0 aliphatic heterocycles. The Balaban J connectivity index is 5.09. The van der Waals surface area contributed by atoms with Gasteiger partial charge in [0.25, 0.3) is 0 Å². The Labute approximate surface area is 255 Å². The first-order valence-corrected chi connectivity index (χ1v) is 26.1. The Kier molecular flexibility index (Phi) is 23.3. The molecule has 0 unspecified atom stereocenters. The van der Waals surface area contributed by atoms with E-state index in [9.17, 15) is 8.42 Å². The van der Waals surface area contributed by atoms with Gasteiger partial charge in [0.05, 0.1) is 0 Å². The maximum atomic E-state index is 13.6. The molecule has 0 saturated carbocycles. The predicted molar refractivity (Wildman–Crippen MR) is 189 cm³/mol. The standard InChI is InChI=1S/C34H75O3PSSi/c1-8-12-16-17-18-19-20-21-22-23-24-25-26-27-32-38(29-13-9-2,30-14-10-3,31-15-11-4)37-39(35,36)33-28-34-40(5,6)7/h8-34H2,1-7H3. The molecule has 0 spiro atoms. The molecule has 0 fully saturated rings. The van der Waals surface area contributed by atoms with Gasteiger partial charge in [-0.3, -0.25) is 0 Å². The van der Waals surface area contributed by atoms with E-state index < -0.39 is 25.0 Å². The fourth-order valence-electron chi connectivity index (χ4n) is 6.34. The van der Waals surface area contributed by atoms with Crippen LogP contribution < -0.4 is 0 Å². The van der Waals surface area contributed by atoms with Crippen LogP contribution in [0.5, 0.6) is 0 Å². The van der Waals surface area contributed by atoms with E-state index in [1.807, 2.05) is 0 Å². The first kappa shape index (κ1) is 40.6. The summed E-state index contributed by atoms with van der Waals surface area (Å²) in [5, 5.41) is 0. The Morgan fingerprint density at radius 1 is 0.475 bits per heavy atom. The van der Waals surface area contributed by atoms with Crippen molar-refractivity contribution in [1.82, 2.24) is 0 Å². The minimum absolute atomic E-state index is 0.221. The topological polar surface area (TPSA) is 43.4 Å². The predicted octanol–water partition coefficient (Wildman–Crippen LogP) is 12.4. The monoisotopic (exact) mass is 622 g/mol. The Morgan fingerprint density at radius 2 is 0.800 bits per heavy atom. The summed E-state index contributed by atoms with van der Waals surface area (Å²) in [6.45, 7) is 13.2. The van der Waals surface area contributed by atoms with Crippen molar-refractivity contribution in [2.24, 2.45) is 0 Å². The van der Waals surface area contributed by atoms with Gasteiger partial charge in [-0.05, 0) is 0 Å². The van der Waals surface area contributed by atoms with E-state index in [1.54, 1.807) is 0 Å². The molecular weight excluding hydrogens is 547 g/mol. The minimum atomic E-state index is -3.50. The van der Waals surface area contributed by atoms with Crippen molar-refractivity contribution >= 4 is 25.0 Å². The van der Waals surface area contributed by atoms with Gasteiger partial charge in [0.1, 0.15) is 0 Å². The van der Waals surface area contributed by atoms with Gasteiger partial charge < -0.3 is 0 Å². The molecule has 0 bridgehead atoms. The van der Waals surface area contributed by atoms with Gasteiger partial charge in [0.15, 0.2) is 0 Å². The summed E-state index contributed by atoms with van der Waals surface area (Å²) in [5.74, 6) is 0.221. The van der Waals surface area contributed by atoms with E-state index in [-0.39, 0.29) is 5.75 Å². The summed E-state index contributed by atoms with van der Waals surface area (Å²) in [6, 6.07) is 1.06. The van der Waals surface area contributed by atoms with Crippen LogP contribution in [0.4, 0.5) is 0 Å². The molecule has 40 heavy (non-hydrogen) atoms. The molecule has 0 aromatic carbocycles. The fourth-order valence-corrected chi connectivity index (χ4v) is 18.1. The Hall–Kier alpha value is 0.557. The molecule has 0 atom stereocenters. The van der Waals surface area contributed by atoms with Crippen LogP contribution in [0, 0.1) is 0 Å². The second-order valence-electron chi connectivity index (χ2n) is 14.4. The SMILES string of the molecule is CCCCCCCCCCCCCCCCP(CCCC)(CCCC)(CCCC)OS(=O)(=O)CCC[Si](C)(C)C. The van der Waals surface area contributed by atoms with Gasteiger partial charge in [-0.15, -0.1) is 0 Å². The third-order valence-corrected chi connectivity index (χ3v) is 20.0. The van der Waals surface area contributed by atoms with Gasteiger partial charge in [0.2, 0.25) is 0 Å². The van der Waals surface area contributed by atoms with Gasteiger partial charge in [-0.2, -0.15) is 0 Å². The molecule has 0 amide bonds. The summed E-state index contributed by atoms with van der Waals surface area (Å²) in [7, 11) is -4.76. The summed E-state index contributed by atoms with van der Waals surface area (Å²) >= 11 is 0. The molecule has 0 aromatic rings. The second kappa shape index (κ2) is 23.0. The Bertz CT molecular complexity index is 665. The van der Waals surface area contributed by atoms with Crippen molar-refractivity contribution in [3.05, 3.63) is 0 Å². The van der Waals surface area contributed by atoms with Gasteiger partial charge in [-0.1, -0.05) is 26.2 Å². The van der Waals surface area contributed by atoms with E-state index in [2.05, 4.69) is 47.3 Å². The van der Waals surface area contributed by atoms with Crippen LogP contribution in [-0.4, -0.2) is 46.9 Å². The molecule has 6 heteroatoms. The van der Waals surface area contributed by atoms with Crippen LogP contribution in [-0.2, 0) is 14.1 Å². The summed E-state index contributed by atoms with van der Waals surface area (Å²) in [4.78, 5) is 0. The van der Waals surface area contributed by atoms with Crippen LogP contribution in [0.25, 0.3) is 0 Å². The molecular formula is C34H75O3PSSi. The van der Waals surface area contributed by atoms with Crippen molar-refractivity contribution < 1.29 is 12.4 Å². The summed E-state index contributed by atoms with van der Waals surface area (Å²) in [6.07, 6.45) is 30.6. The van der Waals surface area contributed by atoms with Crippen molar-refractivity contribution in [3.8, 4) is 0 Å². The van der Waals surface area contributed by atoms with Crippen LogP contribution in [0.1, 0.15) is 163 Å². The number of rotatable bonds is 30. The van der Waals surface area contributed by atoms with Gasteiger partial charge in [-0.25, -0.2) is 0 Å². The average Bonchev–Trinajstić information content (AvgIpc) is 2.89. The van der Waals surface area contributed by atoms with Crippen LogP contribution in [0.3, 0.4) is 0 Å². The normalized spacial score (nSPS) is 13.9. The van der Waals surface area contributed by atoms with Crippen molar-refractivity contribution in [1.29, 1.82) is 0 Å². The summed E-state index contributed by atoms with van der Waals surface area (Å²) < 4.78 is 34.0. The first-order valence-electron chi connectivity index (χ1n) is 17.9. The molecule has 0 aliphatic rings. The zero-order valence-electron chi connectivity index (χ0n) is 28.7. The van der Waals surface area contributed by atoms with E-state index in [0.29, 0.717) is 0 Å². The Morgan fingerprint density at radius 3 is 1.15 bits per heavy atom. The van der Waals surface area contributed by atoms with E-state index in [4.69, 9.17) is 3.97 Å². The van der Waals surface area contributed by atoms with E-state index >= 15 is 0 Å². The molecule has 0 N–H and O–H groups in total. The molecule has 0 heterocycles. The molecule has 3 nitrogen and oxygen atoms in total. The molecule has 0 rings (SSSR count). The third kappa shape index (κ3) is 20.5. The molecule has 0 aliphatic carbocycles. The van der Waals surface area contributed by atoms with Crippen LogP contribution >= 0.6 is 6.83 Å². The van der Waals surface area contributed by atoms with Crippen LogP contribution in [0.15, 0.2) is 0 Å². The molecule has 0 radical (unpaired) electrons. The number of hydrogen-bond acceptors (Lipinski definition) is 3. The quantitative estimate of drug-likeness (QED) is 0.0455. The van der Waals surface area contributed by atoms with E-state index in [1.165, 1.54) is 83.5 Å². The first-order chi connectivity index (χ1) is 19.0. The molecule has 244 valence electrons. The summed E-state index contributed by atoms with van der Waals surface area (Å²) in [5.41, 5.74) is 0. The number of unbranched alkanes of at least 4 members (excludes halogenated alkanes) is 16. The number of hydrogen-bond donors (Lipinski definition) is 0. The molecule has 0 saturated heterocycles. The van der Waals surface area contributed by atoms with Gasteiger partial charge in [0, 0.05) is 0 Å². The fraction of sp³-hybridized carbons (Fsp3) is 1.00. The van der Waals surface area contributed by atoms with Crippen molar-refractivity contribution in [2.45, 2.75) is 188 Å². The van der Waals surface area contributed by atoms with Crippen molar-refractivity contribution in [3.63, 3.8) is 0 Å². The second-order valence-corrected chi connectivity index (χ2v) is 27.7. The van der Waals surface area contributed by atoms with Crippen molar-refractivity contribution in [2.75, 3.05) is 30.4 Å². The van der Waals surface area contributed by atoms with Crippen LogP contribution in [0.2, 0.25) is 25.7 Å².